The second kappa shape index (κ2) is 6.61. The first kappa shape index (κ1) is 16.3. The van der Waals surface area contributed by atoms with E-state index in [1.54, 1.807) is 17.7 Å². The summed E-state index contributed by atoms with van der Waals surface area (Å²) < 4.78 is 0. The van der Waals surface area contributed by atoms with Crippen molar-refractivity contribution in [3.05, 3.63) is 41.0 Å². The van der Waals surface area contributed by atoms with Gasteiger partial charge in [0.25, 0.3) is 0 Å². The van der Waals surface area contributed by atoms with Crippen LogP contribution in [0.3, 0.4) is 0 Å². The van der Waals surface area contributed by atoms with Crippen LogP contribution in [0.15, 0.2) is 36.0 Å². The minimum atomic E-state index is -0.704. The van der Waals surface area contributed by atoms with Gasteiger partial charge in [-0.15, -0.1) is 11.3 Å². The summed E-state index contributed by atoms with van der Waals surface area (Å²) in [7, 11) is 0. The highest BCUT2D eigenvalue weighted by Gasteiger charge is 2.27. The van der Waals surface area contributed by atoms with Crippen molar-refractivity contribution >= 4 is 44.9 Å². The molecular weight excluding hydrogens is 358 g/mol. The molecule has 0 saturated carbocycles. The number of carboxylic acids is 1. The molecular formula is C18H16ClN3O2S. The van der Waals surface area contributed by atoms with Crippen molar-refractivity contribution in [3.8, 4) is 11.1 Å². The summed E-state index contributed by atoms with van der Waals surface area (Å²) >= 11 is 7.60. The zero-order valence-corrected chi connectivity index (χ0v) is 14.9. The minimum absolute atomic E-state index is 0.258. The van der Waals surface area contributed by atoms with Gasteiger partial charge in [0.1, 0.15) is 17.0 Å². The number of aliphatic carboxylic acids is 1. The predicted octanol–water partition coefficient (Wildman–Crippen LogP) is 4.31. The first-order chi connectivity index (χ1) is 12.1. The summed E-state index contributed by atoms with van der Waals surface area (Å²) in [5.41, 5.74) is 2.17. The van der Waals surface area contributed by atoms with Gasteiger partial charge in [0.2, 0.25) is 0 Å². The smallest absolute Gasteiger partial charge is 0.306 e. The van der Waals surface area contributed by atoms with Crippen molar-refractivity contribution in [1.29, 1.82) is 0 Å². The van der Waals surface area contributed by atoms with Crippen LogP contribution in [0.5, 0.6) is 0 Å². The van der Waals surface area contributed by atoms with Crippen molar-refractivity contribution in [1.82, 2.24) is 9.97 Å². The van der Waals surface area contributed by atoms with Gasteiger partial charge in [-0.25, -0.2) is 9.97 Å². The van der Waals surface area contributed by atoms with E-state index < -0.39 is 5.97 Å². The third-order valence-electron chi connectivity index (χ3n) is 4.65. The number of hydrogen-bond acceptors (Lipinski definition) is 5. The van der Waals surface area contributed by atoms with E-state index in [1.807, 2.05) is 24.3 Å². The number of piperidine rings is 1. The lowest BCUT2D eigenvalue weighted by Crippen LogP contribution is -2.36. The van der Waals surface area contributed by atoms with E-state index in [1.165, 1.54) is 0 Å². The summed E-state index contributed by atoms with van der Waals surface area (Å²) in [6.07, 6.45) is 2.87. The summed E-state index contributed by atoms with van der Waals surface area (Å²) in [5, 5.41) is 13.0. The number of rotatable bonds is 3. The summed E-state index contributed by atoms with van der Waals surface area (Å²) in [6, 6.07) is 7.75. The van der Waals surface area contributed by atoms with Gasteiger partial charge in [0.05, 0.1) is 11.3 Å². The number of halogens is 1. The third-order valence-corrected chi connectivity index (χ3v) is 5.79. The molecule has 0 bridgehead atoms. The summed E-state index contributed by atoms with van der Waals surface area (Å²) in [6.45, 7) is 1.39. The van der Waals surface area contributed by atoms with E-state index in [-0.39, 0.29) is 5.92 Å². The monoisotopic (exact) mass is 373 g/mol. The van der Waals surface area contributed by atoms with Crippen LogP contribution in [0, 0.1) is 5.92 Å². The molecule has 2 aromatic heterocycles. The number of anilines is 1. The molecule has 1 aliphatic rings. The first-order valence-electron chi connectivity index (χ1n) is 8.09. The zero-order valence-electron chi connectivity index (χ0n) is 13.4. The lowest BCUT2D eigenvalue weighted by Gasteiger charge is -2.31. The molecule has 0 atom stereocenters. The largest absolute Gasteiger partial charge is 0.481 e. The van der Waals surface area contributed by atoms with Gasteiger partial charge in [-0.3, -0.25) is 4.79 Å². The van der Waals surface area contributed by atoms with Gasteiger partial charge < -0.3 is 10.0 Å². The van der Waals surface area contributed by atoms with Crippen LogP contribution in [0.25, 0.3) is 21.3 Å². The Bertz CT molecular complexity index is 918. The average Bonchev–Trinajstić information content (AvgIpc) is 3.07. The zero-order chi connectivity index (χ0) is 17.4. The molecule has 128 valence electrons. The number of benzene rings is 1. The number of fused-ring (bicyclic) bond motifs is 1. The molecule has 1 saturated heterocycles. The second-order valence-electron chi connectivity index (χ2n) is 6.13. The number of carbonyl (C=O) groups is 1. The molecule has 1 aliphatic heterocycles. The molecule has 0 unspecified atom stereocenters. The van der Waals surface area contributed by atoms with E-state index in [9.17, 15) is 9.90 Å². The summed E-state index contributed by atoms with van der Waals surface area (Å²) in [4.78, 5) is 23.2. The molecule has 0 radical (unpaired) electrons. The maximum absolute atomic E-state index is 11.2. The van der Waals surface area contributed by atoms with E-state index in [0.29, 0.717) is 31.0 Å². The number of thiophene rings is 1. The summed E-state index contributed by atoms with van der Waals surface area (Å²) in [5.74, 6) is -0.0725. The fourth-order valence-corrected chi connectivity index (χ4v) is 4.32. The molecule has 3 heterocycles. The highest BCUT2D eigenvalue weighted by Crippen LogP contribution is 2.39. The quantitative estimate of drug-likeness (QED) is 0.740. The fraction of sp³-hybridized carbons (Fsp3) is 0.278. The highest BCUT2D eigenvalue weighted by molar-refractivity contribution is 7.17. The first-order valence-corrected chi connectivity index (χ1v) is 9.35. The maximum Gasteiger partial charge on any atom is 0.306 e. The Balaban J connectivity index is 1.74. The number of aromatic nitrogens is 2. The molecule has 1 fully saturated rings. The Morgan fingerprint density at radius 2 is 1.92 bits per heavy atom. The number of carboxylic acid groups (broad SMARTS) is 1. The third kappa shape index (κ3) is 3.07. The molecule has 25 heavy (non-hydrogen) atoms. The Morgan fingerprint density at radius 3 is 2.60 bits per heavy atom. The number of nitrogens with zero attached hydrogens (tertiary/aromatic N) is 3. The van der Waals surface area contributed by atoms with Gasteiger partial charge in [-0.05, 0) is 30.5 Å². The van der Waals surface area contributed by atoms with Crippen LogP contribution in [0.4, 0.5) is 5.82 Å². The van der Waals surface area contributed by atoms with Crippen molar-refractivity contribution in [2.45, 2.75) is 12.8 Å². The molecule has 0 spiro atoms. The van der Waals surface area contributed by atoms with Gasteiger partial charge in [-0.1, -0.05) is 23.7 Å². The van der Waals surface area contributed by atoms with Crippen LogP contribution < -0.4 is 4.90 Å². The lowest BCUT2D eigenvalue weighted by molar-refractivity contribution is -0.142. The number of hydrogen-bond donors (Lipinski definition) is 1. The molecule has 0 aliphatic carbocycles. The standard InChI is InChI=1S/C18H16ClN3O2S/c19-13-3-1-11(2-4-13)14-9-25-17-15(14)16(20-10-21-17)22-7-5-12(6-8-22)18(23)24/h1-4,9-10,12H,5-8H2,(H,23,24). The normalized spacial score (nSPS) is 15.6. The molecule has 1 aromatic carbocycles. The van der Waals surface area contributed by atoms with Gasteiger partial charge in [0, 0.05) is 29.1 Å². The Morgan fingerprint density at radius 1 is 1.20 bits per heavy atom. The SMILES string of the molecule is O=C(O)C1CCN(c2ncnc3scc(-c4ccc(Cl)cc4)c23)CC1. The van der Waals surface area contributed by atoms with Crippen LogP contribution in [0.1, 0.15) is 12.8 Å². The van der Waals surface area contributed by atoms with Crippen molar-refractivity contribution in [3.63, 3.8) is 0 Å². The van der Waals surface area contributed by atoms with Crippen molar-refractivity contribution in [2.24, 2.45) is 5.92 Å². The Hall–Kier alpha value is -2.18. The van der Waals surface area contributed by atoms with E-state index in [2.05, 4.69) is 20.2 Å². The predicted molar refractivity (Wildman–Crippen MR) is 100 cm³/mol. The molecule has 1 N–H and O–H groups in total. The van der Waals surface area contributed by atoms with Crippen molar-refractivity contribution in [2.75, 3.05) is 18.0 Å². The maximum atomic E-state index is 11.2. The molecule has 0 amide bonds. The molecule has 3 aromatic rings. The van der Waals surface area contributed by atoms with E-state index in [0.717, 1.165) is 27.2 Å². The van der Waals surface area contributed by atoms with Crippen LogP contribution in [-0.2, 0) is 4.79 Å². The topological polar surface area (TPSA) is 66.3 Å². The molecule has 4 rings (SSSR count). The van der Waals surface area contributed by atoms with Crippen LogP contribution in [0.2, 0.25) is 5.02 Å². The lowest BCUT2D eigenvalue weighted by atomic mass is 9.96. The molecule has 5 nitrogen and oxygen atoms in total. The Labute approximate surface area is 153 Å². The highest BCUT2D eigenvalue weighted by atomic mass is 35.5. The van der Waals surface area contributed by atoms with Gasteiger partial charge in [-0.2, -0.15) is 0 Å². The van der Waals surface area contributed by atoms with Gasteiger partial charge in [0.15, 0.2) is 0 Å². The fourth-order valence-electron chi connectivity index (χ4n) is 3.28. The van der Waals surface area contributed by atoms with E-state index >= 15 is 0 Å². The van der Waals surface area contributed by atoms with E-state index in [4.69, 9.17) is 11.6 Å². The van der Waals surface area contributed by atoms with Crippen LogP contribution in [-0.4, -0.2) is 34.1 Å². The minimum Gasteiger partial charge on any atom is -0.481 e. The Kier molecular flexibility index (Phi) is 4.31. The molecule has 7 heteroatoms. The van der Waals surface area contributed by atoms with Crippen molar-refractivity contribution < 1.29 is 9.90 Å². The second-order valence-corrected chi connectivity index (χ2v) is 7.43. The van der Waals surface area contributed by atoms with Crippen LogP contribution >= 0.6 is 22.9 Å². The van der Waals surface area contributed by atoms with Gasteiger partial charge >= 0.3 is 5.97 Å². The average molecular weight is 374 g/mol.